The van der Waals surface area contributed by atoms with Crippen molar-refractivity contribution in [2.75, 3.05) is 13.2 Å². The topological polar surface area (TPSA) is 49.2 Å². The van der Waals surface area contributed by atoms with Gasteiger partial charge >= 0.3 is 0 Å². The number of aryl methyl sites for hydroxylation is 1. The molecule has 1 atom stereocenters. The smallest absolute Gasteiger partial charge is 0.0727 e. The average Bonchev–Trinajstić information content (AvgIpc) is 2.69. The summed E-state index contributed by atoms with van der Waals surface area (Å²) in [5, 5.41) is 9.18. The average molecular weight is 207 g/mol. The molecular formula is C11H17N3O. The number of aliphatic hydroxyl groups excluding tert-OH is 1. The third-order valence-electron chi connectivity index (χ3n) is 2.91. The van der Waals surface area contributed by atoms with Crippen LogP contribution in [-0.2, 0) is 6.54 Å². The van der Waals surface area contributed by atoms with Crippen molar-refractivity contribution in [3.8, 4) is 0 Å². The van der Waals surface area contributed by atoms with Crippen molar-refractivity contribution in [1.29, 1.82) is 0 Å². The molecule has 0 aromatic carbocycles. The second-order valence-corrected chi connectivity index (χ2v) is 4.10. The molecule has 1 fully saturated rings. The minimum atomic E-state index is 0.249. The lowest BCUT2D eigenvalue weighted by Crippen LogP contribution is -2.31. The summed E-state index contributed by atoms with van der Waals surface area (Å²) in [5.74, 6) is 0. The van der Waals surface area contributed by atoms with E-state index in [0.29, 0.717) is 6.04 Å². The second kappa shape index (κ2) is 4.68. The highest BCUT2D eigenvalue weighted by Gasteiger charge is 2.23. The molecule has 4 nitrogen and oxygen atoms in total. The van der Waals surface area contributed by atoms with Gasteiger partial charge in [-0.15, -0.1) is 0 Å². The Bertz CT molecular complexity index is 312. The zero-order valence-electron chi connectivity index (χ0n) is 9.06. The Morgan fingerprint density at radius 2 is 2.33 bits per heavy atom. The lowest BCUT2D eigenvalue weighted by Gasteiger charge is -2.21. The largest absolute Gasteiger partial charge is 0.395 e. The molecule has 1 saturated heterocycles. The molecule has 0 radical (unpaired) electrons. The van der Waals surface area contributed by atoms with Gasteiger partial charge < -0.3 is 5.11 Å². The predicted octanol–water partition coefficient (Wildman–Crippen LogP) is 0.742. The Hall–Kier alpha value is -1.00. The number of rotatable bonds is 3. The van der Waals surface area contributed by atoms with Crippen molar-refractivity contribution in [2.45, 2.75) is 32.4 Å². The Balaban J connectivity index is 1.99. The van der Waals surface area contributed by atoms with E-state index in [2.05, 4.69) is 14.9 Å². The minimum Gasteiger partial charge on any atom is -0.395 e. The Kier molecular flexibility index (Phi) is 3.28. The van der Waals surface area contributed by atoms with Gasteiger partial charge in [0.15, 0.2) is 0 Å². The van der Waals surface area contributed by atoms with Crippen LogP contribution in [0.15, 0.2) is 12.4 Å². The summed E-state index contributed by atoms with van der Waals surface area (Å²) in [4.78, 5) is 10.8. The zero-order valence-corrected chi connectivity index (χ0v) is 9.06. The van der Waals surface area contributed by atoms with Crippen LogP contribution in [0.1, 0.15) is 24.2 Å². The summed E-state index contributed by atoms with van der Waals surface area (Å²) < 4.78 is 0. The number of hydrogen-bond donors (Lipinski definition) is 1. The van der Waals surface area contributed by atoms with Gasteiger partial charge in [0.25, 0.3) is 0 Å². The molecule has 2 heterocycles. The van der Waals surface area contributed by atoms with Crippen molar-refractivity contribution >= 4 is 0 Å². The SMILES string of the molecule is Cc1cnc(CN2CCC[C@H]2CO)cn1. The number of likely N-dealkylation sites (tertiary alicyclic amines) is 1. The van der Waals surface area contributed by atoms with E-state index in [0.717, 1.165) is 30.9 Å². The van der Waals surface area contributed by atoms with Gasteiger partial charge in [-0.1, -0.05) is 0 Å². The first-order valence-corrected chi connectivity index (χ1v) is 5.42. The lowest BCUT2D eigenvalue weighted by molar-refractivity contribution is 0.152. The summed E-state index contributed by atoms with van der Waals surface area (Å²) in [6.45, 7) is 4.04. The minimum absolute atomic E-state index is 0.249. The maximum Gasteiger partial charge on any atom is 0.0727 e. The van der Waals surface area contributed by atoms with Crippen LogP contribution in [-0.4, -0.2) is 39.2 Å². The highest BCUT2D eigenvalue weighted by Crippen LogP contribution is 2.18. The molecule has 1 aliphatic heterocycles. The molecule has 0 unspecified atom stereocenters. The predicted molar refractivity (Wildman–Crippen MR) is 57.3 cm³/mol. The van der Waals surface area contributed by atoms with E-state index in [4.69, 9.17) is 0 Å². The molecule has 82 valence electrons. The van der Waals surface area contributed by atoms with Gasteiger partial charge in [-0.2, -0.15) is 0 Å². The van der Waals surface area contributed by atoms with Gasteiger partial charge in [-0.25, -0.2) is 0 Å². The number of aromatic nitrogens is 2. The van der Waals surface area contributed by atoms with Crippen LogP contribution < -0.4 is 0 Å². The van der Waals surface area contributed by atoms with Gasteiger partial charge in [-0.3, -0.25) is 14.9 Å². The molecule has 1 N–H and O–H groups in total. The molecule has 1 aromatic heterocycles. The van der Waals surface area contributed by atoms with E-state index in [1.54, 1.807) is 6.20 Å². The summed E-state index contributed by atoms with van der Waals surface area (Å²) in [5.41, 5.74) is 1.93. The third-order valence-corrected chi connectivity index (χ3v) is 2.91. The Morgan fingerprint density at radius 1 is 1.47 bits per heavy atom. The molecule has 2 rings (SSSR count). The lowest BCUT2D eigenvalue weighted by atomic mass is 10.2. The fraction of sp³-hybridized carbons (Fsp3) is 0.636. The summed E-state index contributed by atoms with van der Waals surface area (Å²) >= 11 is 0. The number of aliphatic hydroxyl groups is 1. The van der Waals surface area contributed by atoms with E-state index in [-0.39, 0.29) is 6.61 Å². The fourth-order valence-corrected chi connectivity index (χ4v) is 2.02. The standard InChI is InChI=1S/C11H17N3O/c1-9-5-13-10(6-12-9)7-14-4-2-3-11(14)8-15/h5-6,11,15H,2-4,7-8H2,1H3/t11-/m0/s1. The molecule has 0 aliphatic carbocycles. The van der Waals surface area contributed by atoms with E-state index in [1.165, 1.54) is 6.42 Å². The van der Waals surface area contributed by atoms with Crippen LogP contribution in [0.3, 0.4) is 0 Å². The van der Waals surface area contributed by atoms with Crippen LogP contribution >= 0.6 is 0 Å². The van der Waals surface area contributed by atoms with Crippen LogP contribution in [0.25, 0.3) is 0 Å². The second-order valence-electron chi connectivity index (χ2n) is 4.10. The van der Waals surface area contributed by atoms with Crippen LogP contribution in [0, 0.1) is 6.92 Å². The summed E-state index contributed by atoms with van der Waals surface area (Å²) in [7, 11) is 0. The van der Waals surface area contributed by atoms with Gasteiger partial charge in [0.1, 0.15) is 0 Å². The first kappa shape index (κ1) is 10.5. The molecule has 1 aliphatic rings. The van der Waals surface area contributed by atoms with E-state index in [9.17, 15) is 5.11 Å². The van der Waals surface area contributed by atoms with Crippen LogP contribution in [0.5, 0.6) is 0 Å². The maximum atomic E-state index is 9.18. The first-order chi connectivity index (χ1) is 7.29. The van der Waals surface area contributed by atoms with Crippen molar-refractivity contribution in [3.63, 3.8) is 0 Å². The highest BCUT2D eigenvalue weighted by atomic mass is 16.3. The number of hydrogen-bond acceptors (Lipinski definition) is 4. The third kappa shape index (κ3) is 2.52. The first-order valence-electron chi connectivity index (χ1n) is 5.42. The van der Waals surface area contributed by atoms with Crippen LogP contribution in [0.4, 0.5) is 0 Å². The van der Waals surface area contributed by atoms with Gasteiger partial charge in [0, 0.05) is 25.0 Å². The van der Waals surface area contributed by atoms with Crippen molar-refractivity contribution in [1.82, 2.24) is 14.9 Å². The molecule has 0 bridgehead atoms. The Morgan fingerprint density at radius 3 is 3.00 bits per heavy atom. The maximum absolute atomic E-state index is 9.18. The van der Waals surface area contributed by atoms with Crippen molar-refractivity contribution < 1.29 is 5.11 Å². The van der Waals surface area contributed by atoms with Gasteiger partial charge in [0.05, 0.1) is 18.0 Å². The van der Waals surface area contributed by atoms with Gasteiger partial charge in [-0.05, 0) is 26.3 Å². The molecule has 4 heteroatoms. The molecular weight excluding hydrogens is 190 g/mol. The van der Waals surface area contributed by atoms with Crippen molar-refractivity contribution in [3.05, 3.63) is 23.8 Å². The summed E-state index contributed by atoms with van der Waals surface area (Å²) in [6, 6.07) is 0.313. The quantitative estimate of drug-likeness (QED) is 0.794. The number of nitrogens with zero attached hydrogens (tertiary/aromatic N) is 3. The van der Waals surface area contributed by atoms with E-state index in [1.807, 2.05) is 13.1 Å². The molecule has 1 aromatic rings. The van der Waals surface area contributed by atoms with Gasteiger partial charge in [0.2, 0.25) is 0 Å². The molecule has 15 heavy (non-hydrogen) atoms. The van der Waals surface area contributed by atoms with E-state index < -0.39 is 0 Å². The molecule has 0 amide bonds. The molecule has 0 spiro atoms. The normalized spacial score (nSPS) is 22.1. The van der Waals surface area contributed by atoms with Crippen LogP contribution in [0.2, 0.25) is 0 Å². The summed E-state index contributed by atoms with van der Waals surface area (Å²) in [6.07, 6.45) is 5.88. The zero-order chi connectivity index (χ0) is 10.7. The Labute approximate surface area is 90.0 Å². The molecule has 0 saturated carbocycles. The van der Waals surface area contributed by atoms with Crippen molar-refractivity contribution in [2.24, 2.45) is 0 Å². The highest BCUT2D eigenvalue weighted by molar-refractivity contribution is 5.01. The van der Waals surface area contributed by atoms with E-state index >= 15 is 0 Å². The fourth-order valence-electron chi connectivity index (χ4n) is 2.02. The monoisotopic (exact) mass is 207 g/mol.